The maximum absolute atomic E-state index is 5.31. The summed E-state index contributed by atoms with van der Waals surface area (Å²) in [5.74, 6) is 0. The summed E-state index contributed by atoms with van der Waals surface area (Å²) >= 11 is 0. The van der Waals surface area contributed by atoms with E-state index in [9.17, 15) is 0 Å². The molecule has 0 aliphatic carbocycles. The van der Waals surface area contributed by atoms with Crippen LogP contribution in [0, 0.1) is 0 Å². The van der Waals surface area contributed by atoms with Gasteiger partial charge in [-0.15, -0.1) is 0 Å². The molecule has 0 N–H and O–H groups in total. The Morgan fingerprint density at radius 2 is 0.789 bits per heavy atom. The first-order valence-electron chi connectivity index (χ1n) is 19.6. The summed E-state index contributed by atoms with van der Waals surface area (Å²) in [6, 6.07) is 70.9. The zero-order chi connectivity index (χ0) is 37.2. The number of fused-ring (bicyclic) bond motifs is 16. The van der Waals surface area contributed by atoms with Crippen LogP contribution in [0.2, 0.25) is 0 Å². The number of pyridine rings is 1. The van der Waals surface area contributed by atoms with E-state index in [-0.39, 0.29) is 0 Å². The molecule has 0 saturated heterocycles. The fraction of sp³-hybridized carbons (Fsp3) is 0. The van der Waals surface area contributed by atoms with Crippen molar-refractivity contribution in [1.29, 1.82) is 0 Å². The molecule has 13 aromatic rings. The van der Waals surface area contributed by atoms with Crippen molar-refractivity contribution in [2.45, 2.75) is 0 Å². The van der Waals surface area contributed by atoms with Gasteiger partial charge < -0.3 is 9.13 Å². The molecule has 4 nitrogen and oxygen atoms in total. The van der Waals surface area contributed by atoms with E-state index in [0.717, 1.165) is 44.7 Å². The third kappa shape index (κ3) is 4.24. The first-order chi connectivity index (χ1) is 28.3. The van der Waals surface area contributed by atoms with Crippen LogP contribution in [0.5, 0.6) is 0 Å². The minimum atomic E-state index is 0.984. The molecule has 0 spiro atoms. The highest BCUT2D eigenvalue weighted by Crippen LogP contribution is 2.41. The lowest BCUT2D eigenvalue weighted by molar-refractivity contribution is 1.13. The summed E-state index contributed by atoms with van der Waals surface area (Å²) in [7, 11) is 0. The number of hydrogen-bond acceptors (Lipinski definition) is 1. The van der Waals surface area contributed by atoms with Crippen LogP contribution in [0.3, 0.4) is 0 Å². The lowest BCUT2D eigenvalue weighted by Gasteiger charge is -2.17. The molecule has 9 aromatic carbocycles. The smallest absolute Gasteiger partial charge is 0.147 e. The molecule has 0 fully saturated rings. The van der Waals surface area contributed by atoms with Gasteiger partial charge in [0.15, 0.2) is 0 Å². The number of nitrogens with zero attached hydrogens (tertiary/aromatic N) is 4. The van der Waals surface area contributed by atoms with Gasteiger partial charge in [0.1, 0.15) is 5.65 Å². The number of imidazole rings is 1. The predicted molar refractivity (Wildman–Crippen MR) is 239 cm³/mol. The van der Waals surface area contributed by atoms with Crippen molar-refractivity contribution in [3.8, 4) is 22.5 Å². The van der Waals surface area contributed by atoms with E-state index < -0.39 is 0 Å². The predicted octanol–water partition coefficient (Wildman–Crippen LogP) is 13.8. The summed E-state index contributed by atoms with van der Waals surface area (Å²) in [5.41, 5.74) is 13.5. The number of benzene rings is 9. The van der Waals surface area contributed by atoms with Gasteiger partial charge in [0.2, 0.25) is 0 Å². The van der Waals surface area contributed by atoms with Crippen LogP contribution in [0.1, 0.15) is 0 Å². The molecule has 264 valence electrons. The largest absolute Gasteiger partial charge is 0.309 e. The fourth-order valence-corrected chi connectivity index (χ4v) is 9.72. The van der Waals surface area contributed by atoms with Crippen LogP contribution in [0.4, 0.5) is 0 Å². The van der Waals surface area contributed by atoms with Crippen molar-refractivity contribution in [3.63, 3.8) is 0 Å². The van der Waals surface area contributed by atoms with Crippen molar-refractivity contribution in [1.82, 2.24) is 18.5 Å². The van der Waals surface area contributed by atoms with E-state index in [1.54, 1.807) is 0 Å². The second-order valence-corrected chi connectivity index (χ2v) is 15.2. The molecule has 0 saturated carbocycles. The van der Waals surface area contributed by atoms with E-state index in [2.05, 4.69) is 208 Å². The minimum absolute atomic E-state index is 0.984. The Morgan fingerprint density at radius 3 is 1.39 bits per heavy atom. The maximum Gasteiger partial charge on any atom is 0.147 e. The first-order valence-corrected chi connectivity index (χ1v) is 19.6. The molecule has 4 heterocycles. The van der Waals surface area contributed by atoms with Crippen LogP contribution < -0.4 is 0 Å². The highest BCUT2D eigenvalue weighted by atomic mass is 15.0. The SMILES string of the molecule is c1ccc2c(c1)ccc1c3ccc(-c4cc(-n5c6ccccc6c6ccccc65)cc(-n5c6ccccc6c6ccccc65)c4)cc3n3c4ccccc4nc3c21. The summed E-state index contributed by atoms with van der Waals surface area (Å²) in [6.07, 6.45) is 0. The van der Waals surface area contributed by atoms with Gasteiger partial charge in [-0.05, 0) is 87.9 Å². The zero-order valence-electron chi connectivity index (χ0n) is 30.8. The Hall–Kier alpha value is -7.69. The molecular formula is C53H32N4. The molecule has 0 radical (unpaired) electrons. The van der Waals surface area contributed by atoms with E-state index in [4.69, 9.17) is 4.98 Å². The van der Waals surface area contributed by atoms with Gasteiger partial charge in [-0.25, -0.2) is 4.98 Å². The Morgan fingerprint density at radius 1 is 0.316 bits per heavy atom. The van der Waals surface area contributed by atoms with Gasteiger partial charge in [0.25, 0.3) is 0 Å². The average molecular weight is 725 g/mol. The second kappa shape index (κ2) is 11.4. The highest BCUT2D eigenvalue weighted by Gasteiger charge is 2.20. The van der Waals surface area contributed by atoms with Gasteiger partial charge in [0, 0.05) is 43.7 Å². The Bertz CT molecular complexity index is 3580. The number of hydrogen-bond donors (Lipinski definition) is 0. The molecule has 57 heavy (non-hydrogen) atoms. The minimum Gasteiger partial charge on any atom is -0.309 e. The molecule has 0 unspecified atom stereocenters. The molecular weight excluding hydrogens is 693 g/mol. The van der Waals surface area contributed by atoms with Crippen LogP contribution in [-0.4, -0.2) is 18.5 Å². The second-order valence-electron chi connectivity index (χ2n) is 15.2. The standard InChI is InChI=1S/C53H32N4/c1-2-14-38-33(13-1)25-28-44-43-27-26-34(31-51(43)57-50-24-12-7-19-45(50)54-53(57)52(38)44)35-29-36(55-46-20-8-3-15-39(46)40-16-4-9-21-47(40)55)32-37(30-35)56-48-22-10-5-17-41(48)42-18-6-11-23-49(42)56/h1-32H. The van der Waals surface area contributed by atoms with E-state index >= 15 is 0 Å². The van der Waals surface area contributed by atoms with Crippen molar-refractivity contribution in [3.05, 3.63) is 194 Å². The summed E-state index contributed by atoms with van der Waals surface area (Å²) in [4.78, 5) is 5.31. The first kappa shape index (κ1) is 30.6. The summed E-state index contributed by atoms with van der Waals surface area (Å²) in [6.45, 7) is 0. The Balaban J connectivity index is 1.16. The Labute approximate surface area is 326 Å². The summed E-state index contributed by atoms with van der Waals surface area (Å²) in [5, 5.41) is 11.0. The van der Waals surface area contributed by atoms with Crippen LogP contribution >= 0.6 is 0 Å². The molecule has 4 heteroatoms. The third-order valence-electron chi connectivity index (χ3n) is 12.2. The molecule has 0 atom stereocenters. The van der Waals surface area contributed by atoms with Gasteiger partial charge in [-0.1, -0.05) is 133 Å². The van der Waals surface area contributed by atoms with Crippen molar-refractivity contribution < 1.29 is 0 Å². The molecule has 0 aliphatic rings. The zero-order valence-corrected chi connectivity index (χ0v) is 30.8. The van der Waals surface area contributed by atoms with Gasteiger partial charge in [-0.2, -0.15) is 0 Å². The van der Waals surface area contributed by atoms with E-state index in [0.29, 0.717) is 0 Å². The van der Waals surface area contributed by atoms with Crippen molar-refractivity contribution in [2.24, 2.45) is 0 Å². The van der Waals surface area contributed by atoms with E-state index in [1.807, 2.05) is 0 Å². The Kier molecular flexibility index (Phi) is 6.13. The van der Waals surface area contributed by atoms with Gasteiger partial charge in [0.05, 0.1) is 38.6 Å². The molecule has 4 aromatic heterocycles. The third-order valence-corrected chi connectivity index (χ3v) is 12.2. The van der Waals surface area contributed by atoms with Gasteiger partial charge >= 0.3 is 0 Å². The van der Waals surface area contributed by atoms with Crippen molar-refractivity contribution >= 4 is 92.7 Å². The number of rotatable bonds is 3. The van der Waals surface area contributed by atoms with E-state index in [1.165, 1.54) is 70.5 Å². The average Bonchev–Trinajstić information content (AvgIpc) is 3.94. The lowest BCUT2D eigenvalue weighted by Crippen LogP contribution is -2.00. The highest BCUT2D eigenvalue weighted by molar-refractivity contribution is 6.23. The van der Waals surface area contributed by atoms with Crippen molar-refractivity contribution in [2.75, 3.05) is 0 Å². The molecule has 0 amide bonds. The quantitative estimate of drug-likeness (QED) is 0.167. The topological polar surface area (TPSA) is 27.2 Å². The fourth-order valence-electron chi connectivity index (χ4n) is 9.72. The molecule has 13 rings (SSSR count). The molecule has 0 aliphatic heterocycles. The van der Waals surface area contributed by atoms with Crippen LogP contribution in [0.15, 0.2) is 194 Å². The normalized spacial score (nSPS) is 12.2. The van der Waals surface area contributed by atoms with Crippen LogP contribution in [-0.2, 0) is 0 Å². The number of para-hydroxylation sites is 6. The van der Waals surface area contributed by atoms with Gasteiger partial charge in [-0.3, -0.25) is 4.40 Å². The number of aromatic nitrogens is 4. The van der Waals surface area contributed by atoms with Crippen LogP contribution in [0.25, 0.3) is 115 Å². The monoisotopic (exact) mass is 724 g/mol. The summed E-state index contributed by atoms with van der Waals surface area (Å²) < 4.78 is 7.26. The maximum atomic E-state index is 5.31. The molecule has 0 bridgehead atoms. The lowest BCUT2D eigenvalue weighted by atomic mass is 9.97.